The first kappa shape index (κ1) is 15.9. The highest BCUT2D eigenvalue weighted by Gasteiger charge is 2.47. The summed E-state index contributed by atoms with van der Waals surface area (Å²) in [6.07, 6.45) is 4.23. The number of hydrazone groups is 1. The van der Waals surface area contributed by atoms with E-state index in [0.29, 0.717) is 18.5 Å². The van der Waals surface area contributed by atoms with Crippen LogP contribution >= 0.6 is 0 Å². The zero-order chi connectivity index (χ0) is 17.0. The number of nitrogens with one attached hydrogen (secondary N) is 1. The Morgan fingerprint density at radius 2 is 1.92 bits per heavy atom. The minimum absolute atomic E-state index is 0.351. The fourth-order valence-corrected chi connectivity index (χ4v) is 2.55. The van der Waals surface area contributed by atoms with E-state index in [0.717, 1.165) is 10.6 Å². The van der Waals surface area contributed by atoms with Crippen LogP contribution in [0.5, 0.6) is 0 Å². The maximum Gasteiger partial charge on any atom is 0.346 e. The minimum Gasteiger partial charge on any atom is -0.322 e. The van der Waals surface area contributed by atoms with E-state index in [1.54, 1.807) is 25.3 Å². The van der Waals surface area contributed by atoms with Crippen LogP contribution in [0.1, 0.15) is 24.6 Å². The van der Waals surface area contributed by atoms with Gasteiger partial charge in [0.05, 0.1) is 11.9 Å². The molecule has 6 heteroatoms. The molecular weight excluding hydrogens is 304 g/mol. The molecule has 1 N–H and O–H groups in total. The van der Waals surface area contributed by atoms with Crippen LogP contribution in [0.3, 0.4) is 0 Å². The number of carbonyl (C=O) groups is 2. The normalized spacial score (nSPS) is 20.6. The van der Waals surface area contributed by atoms with Crippen LogP contribution in [-0.2, 0) is 11.2 Å². The summed E-state index contributed by atoms with van der Waals surface area (Å²) in [6, 6.07) is 14.7. The number of amides is 3. The number of imide groups is 1. The summed E-state index contributed by atoms with van der Waals surface area (Å²) in [6.45, 7) is 1.73. The van der Waals surface area contributed by atoms with Gasteiger partial charge in [-0.3, -0.25) is 9.78 Å². The van der Waals surface area contributed by atoms with Crippen LogP contribution < -0.4 is 5.32 Å². The molecule has 0 spiro atoms. The van der Waals surface area contributed by atoms with Crippen molar-refractivity contribution in [2.24, 2.45) is 5.10 Å². The monoisotopic (exact) mass is 322 g/mol. The Labute approximate surface area is 140 Å². The molecule has 1 aromatic carbocycles. The van der Waals surface area contributed by atoms with Gasteiger partial charge in [-0.2, -0.15) is 5.10 Å². The van der Waals surface area contributed by atoms with E-state index in [9.17, 15) is 9.59 Å². The lowest BCUT2D eigenvalue weighted by molar-refractivity contribution is -0.130. The van der Waals surface area contributed by atoms with E-state index >= 15 is 0 Å². The molecule has 24 heavy (non-hydrogen) atoms. The van der Waals surface area contributed by atoms with Crippen molar-refractivity contribution in [1.29, 1.82) is 0 Å². The molecule has 1 fully saturated rings. The Balaban J connectivity index is 1.70. The van der Waals surface area contributed by atoms with Gasteiger partial charge in [-0.15, -0.1) is 5.01 Å². The molecule has 1 saturated heterocycles. The van der Waals surface area contributed by atoms with Crippen molar-refractivity contribution >= 4 is 18.2 Å². The Hall–Kier alpha value is -3.02. The zero-order valence-electron chi connectivity index (χ0n) is 13.3. The van der Waals surface area contributed by atoms with Crippen LogP contribution in [-0.4, -0.2) is 33.7 Å². The first-order valence-corrected chi connectivity index (χ1v) is 7.74. The molecule has 0 aliphatic carbocycles. The molecule has 1 atom stereocenters. The number of pyridine rings is 1. The number of aromatic nitrogens is 1. The highest BCUT2D eigenvalue weighted by molar-refractivity contribution is 6.07. The quantitative estimate of drug-likeness (QED) is 0.678. The molecule has 1 aromatic heterocycles. The second kappa shape index (κ2) is 6.62. The standard InChI is InChI=1S/C18H18N4O2/c1-18(11-10-14-7-3-2-4-8-14)16(23)22(17(24)21-18)20-13-15-9-5-6-12-19-15/h2-9,12-13H,10-11H2,1H3,(H,21,24)/b20-13-/t18-/m1/s1. The smallest absolute Gasteiger partial charge is 0.322 e. The topological polar surface area (TPSA) is 74.7 Å². The third-order valence-corrected chi connectivity index (χ3v) is 3.99. The number of aryl methyl sites for hydroxylation is 1. The van der Waals surface area contributed by atoms with Crippen LogP contribution in [0.25, 0.3) is 0 Å². The van der Waals surface area contributed by atoms with Gasteiger partial charge in [0.1, 0.15) is 5.54 Å². The molecule has 0 radical (unpaired) electrons. The molecular formula is C18H18N4O2. The van der Waals surface area contributed by atoms with Gasteiger partial charge in [0, 0.05) is 6.20 Å². The van der Waals surface area contributed by atoms with Gasteiger partial charge < -0.3 is 5.32 Å². The molecule has 2 heterocycles. The average molecular weight is 322 g/mol. The summed E-state index contributed by atoms with van der Waals surface area (Å²) < 4.78 is 0. The molecule has 1 aliphatic rings. The van der Waals surface area contributed by atoms with Crippen molar-refractivity contribution < 1.29 is 9.59 Å². The summed E-state index contributed by atoms with van der Waals surface area (Å²) in [5.74, 6) is -0.351. The van der Waals surface area contributed by atoms with E-state index in [1.165, 1.54) is 6.21 Å². The maximum atomic E-state index is 12.6. The summed E-state index contributed by atoms with van der Waals surface area (Å²) in [5, 5.41) is 7.60. The van der Waals surface area contributed by atoms with E-state index < -0.39 is 11.6 Å². The predicted octanol–water partition coefficient (Wildman–Crippen LogP) is 2.36. The number of rotatable bonds is 5. The lowest BCUT2D eigenvalue weighted by Crippen LogP contribution is -2.44. The van der Waals surface area contributed by atoms with Crippen LogP contribution in [0.2, 0.25) is 0 Å². The Morgan fingerprint density at radius 1 is 1.17 bits per heavy atom. The SMILES string of the molecule is C[C@]1(CCc2ccccc2)NC(=O)N(/N=C\c2ccccn2)C1=O. The maximum absolute atomic E-state index is 12.6. The van der Waals surface area contributed by atoms with Gasteiger partial charge in [0.2, 0.25) is 0 Å². The highest BCUT2D eigenvalue weighted by atomic mass is 16.2. The molecule has 122 valence electrons. The molecule has 6 nitrogen and oxygen atoms in total. The van der Waals surface area contributed by atoms with E-state index in [2.05, 4.69) is 15.4 Å². The predicted molar refractivity (Wildman–Crippen MR) is 90.4 cm³/mol. The second-order valence-corrected chi connectivity index (χ2v) is 5.86. The number of urea groups is 1. The summed E-state index contributed by atoms with van der Waals surface area (Å²) in [4.78, 5) is 28.8. The molecule has 0 saturated carbocycles. The van der Waals surface area contributed by atoms with Crippen molar-refractivity contribution in [3.63, 3.8) is 0 Å². The van der Waals surface area contributed by atoms with Gasteiger partial charge in [0.15, 0.2) is 0 Å². The van der Waals surface area contributed by atoms with Crippen molar-refractivity contribution in [2.75, 3.05) is 0 Å². The Kier molecular flexibility index (Phi) is 4.37. The lowest BCUT2D eigenvalue weighted by atomic mass is 9.93. The molecule has 2 aromatic rings. The first-order chi connectivity index (χ1) is 11.6. The average Bonchev–Trinajstić information content (AvgIpc) is 2.83. The van der Waals surface area contributed by atoms with Crippen LogP contribution in [0.4, 0.5) is 4.79 Å². The molecule has 1 aliphatic heterocycles. The molecule has 0 bridgehead atoms. The minimum atomic E-state index is -0.950. The van der Waals surface area contributed by atoms with Gasteiger partial charge in [-0.1, -0.05) is 36.4 Å². The first-order valence-electron chi connectivity index (χ1n) is 7.74. The molecule has 0 unspecified atom stereocenters. The van der Waals surface area contributed by atoms with Crippen LogP contribution in [0.15, 0.2) is 59.8 Å². The number of hydrogen-bond donors (Lipinski definition) is 1. The van der Waals surface area contributed by atoms with Crippen molar-refractivity contribution in [3.8, 4) is 0 Å². The Bertz CT molecular complexity index is 761. The summed E-state index contributed by atoms with van der Waals surface area (Å²) in [5.41, 5.74) is 0.751. The summed E-state index contributed by atoms with van der Waals surface area (Å²) in [7, 11) is 0. The second-order valence-electron chi connectivity index (χ2n) is 5.86. The number of nitrogens with zero attached hydrogens (tertiary/aromatic N) is 3. The van der Waals surface area contributed by atoms with E-state index in [1.807, 2.05) is 36.4 Å². The fraction of sp³-hybridized carbons (Fsp3) is 0.222. The van der Waals surface area contributed by atoms with E-state index in [-0.39, 0.29) is 5.91 Å². The van der Waals surface area contributed by atoms with Crippen LogP contribution in [0, 0.1) is 0 Å². The zero-order valence-corrected chi connectivity index (χ0v) is 13.3. The summed E-state index contributed by atoms with van der Waals surface area (Å²) >= 11 is 0. The van der Waals surface area contributed by atoms with E-state index in [4.69, 9.17) is 0 Å². The molecule has 3 rings (SSSR count). The number of carbonyl (C=O) groups excluding carboxylic acids is 2. The third-order valence-electron chi connectivity index (χ3n) is 3.99. The third kappa shape index (κ3) is 3.32. The largest absolute Gasteiger partial charge is 0.346 e. The van der Waals surface area contributed by atoms with Gasteiger partial charge in [-0.25, -0.2) is 4.79 Å². The highest BCUT2D eigenvalue weighted by Crippen LogP contribution is 2.23. The fourth-order valence-electron chi connectivity index (χ4n) is 2.55. The van der Waals surface area contributed by atoms with Gasteiger partial charge in [-0.05, 0) is 37.5 Å². The van der Waals surface area contributed by atoms with Gasteiger partial charge >= 0.3 is 6.03 Å². The molecule has 3 amide bonds. The Morgan fingerprint density at radius 3 is 2.62 bits per heavy atom. The van der Waals surface area contributed by atoms with Crippen molar-refractivity contribution in [1.82, 2.24) is 15.3 Å². The van der Waals surface area contributed by atoms with Gasteiger partial charge in [0.25, 0.3) is 5.91 Å². The van der Waals surface area contributed by atoms with Crippen molar-refractivity contribution in [2.45, 2.75) is 25.3 Å². The van der Waals surface area contributed by atoms with Crippen molar-refractivity contribution in [3.05, 3.63) is 66.0 Å². The number of hydrogen-bond acceptors (Lipinski definition) is 4. The number of benzene rings is 1. The lowest BCUT2D eigenvalue weighted by Gasteiger charge is -2.20.